The third-order valence-corrected chi connectivity index (χ3v) is 7.97. The molecule has 0 radical (unpaired) electrons. The molecule has 2 aliphatic carbocycles. The van der Waals surface area contributed by atoms with E-state index in [1.165, 1.54) is 35.0 Å². The zero-order valence-corrected chi connectivity index (χ0v) is 19.4. The number of aliphatic hydroxyl groups excluding tert-OH is 2. The standard InChI is InChI=1S/C27H31N5O2/c1-15-2-5-17-12-18-6-3-16(11-22(18)31-21(17)10-15)4-7-19-13-23(25(34)24(19)33)32-9-8-20-26(28)29-14-30-27(20)32/h3,6,8-9,11-12,14-15,19,23-25,33-34H,2,4-5,7,10,13H2,1H3,(H2,28,29,30)/t15-,19+,23-,24-,25+/m1/s1. The number of pyridine rings is 1. The molecule has 0 unspecified atom stereocenters. The molecule has 4 aromatic rings. The summed E-state index contributed by atoms with van der Waals surface area (Å²) in [4.78, 5) is 13.4. The van der Waals surface area contributed by atoms with Crippen LogP contribution in [0, 0.1) is 11.8 Å². The first-order valence-corrected chi connectivity index (χ1v) is 12.3. The van der Waals surface area contributed by atoms with Crippen LogP contribution in [0.1, 0.15) is 49.0 Å². The number of benzene rings is 1. The summed E-state index contributed by atoms with van der Waals surface area (Å²) in [6.45, 7) is 2.30. The van der Waals surface area contributed by atoms with Gasteiger partial charge in [0.05, 0.1) is 23.0 Å². The molecule has 0 amide bonds. The Balaban J connectivity index is 1.19. The van der Waals surface area contributed by atoms with E-state index in [1.54, 1.807) is 0 Å². The van der Waals surface area contributed by atoms with Crippen LogP contribution >= 0.6 is 0 Å². The molecule has 0 spiro atoms. The summed E-state index contributed by atoms with van der Waals surface area (Å²) in [6.07, 6.45) is 7.47. The smallest absolute Gasteiger partial charge is 0.145 e. The maximum atomic E-state index is 10.8. The first-order chi connectivity index (χ1) is 16.5. The number of nitrogens with two attached hydrogens (primary N) is 1. The molecule has 4 N–H and O–H groups in total. The van der Waals surface area contributed by atoms with Gasteiger partial charge in [-0.05, 0) is 79.7 Å². The van der Waals surface area contributed by atoms with Crippen LogP contribution in [0.2, 0.25) is 0 Å². The number of aromatic nitrogens is 4. The first kappa shape index (κ1) is 21.5. The fourth-order valence-corrected chi connectivity index (χ4v) is 5.95. The van der Waals surface area contributed by atoms with E-state index in [0.717, 1.165) is 36.6 Å². The topological polar surface area (TPSA) is 110 Å². The van der Waals surface area contributed by atoms with E-state index in [9.17, 15) is 10.2 Å². The second-order valence-electron chi connectivity index (χ2n) is 10.3. The van der Waals surface area contributed by atoms with E-state index in [-0.39, 0.29) is 12.0 Å². The Morgan fingerprint density at radius 3 is 2.88 bits per heavy atom. The molecule has 6 rings (SSSR count). The van der Waals surface area contributed by atoms with Crippen molar-refractivity contribution in [3.05, 3.63) is 59.7 Å². The zero-order chi connectivity index (χ0) is 23.4. The lowest BCUT2D eigenvalue weighted by atomic mass is 9.87. The Bertz CT molecular complexity index is 1370. The lowest BCUT2D eigenvalue weighted by Crippen LogP contribution is -2.29. The van der Waals surface area contributed by atoms with Gasteiger partial charge in [-0.15, -0.1) is 0 Å². The predicted octanol–water partition coefficient (Wildman–Crippen LogP) is 3.60. The molecule has 0 saturated heterocycles. The molecule has 0 aliphatic heterocycles. The summed E-state index contributed by atoms with van der Waals surface area (Å²) in [5, 5.41) is 23.6. The maximum Gasteiger partial charge on any atom is 0.145 e. The molecule has 1 saturated carbocycles. The van der Waals surface area contributed by atoms with Crippen molar-refractivity contribution in [2.24, 2.45) is 11.8 Å². The van der Waals surface area contributed by atoms with E-state index in [1.807, 2.05) is 16.8 Å². The van der Waals surface area contributed by atoms with Crippen LogP contribution in [-0.4, -0.2) is 41.9 Å². The van der Waals surface area contributed by atoms with Crippen LogP contribution in [0.3, 0.4) is 0 Å². The Morgan fingerprint density at radius 2 is 2.00 bits per heavy atom. The predicted molar refractivity (Wildman–Crippen MR) is 132 cm³/mol. The number of anilines is 1. The summed E-state index contributed by atoms with van der Waals surface area (Å²) in [5.41, 5.74) is 11.6. The number of nitrogens with zero attached hydrogens (tertiary/aromatic N) is 4. The molecular weight excluding hydrogens is 426 g/mol. The molecule has 3 aromatic heterocycles. The molecule has 2 aliphatic rings. The first-order valence-electron chi connectivity index (χ1n) is 12.3. The van der Waals surface area contributed by atoms with Crippen molar-refractivity contribution in [2.75, 3.05) is 5.73 Å². The maximum absolute atomic E-state index is 10.8. The van der Waals surface area contributed by atoms with Crippen molar-refractivity contribution in [2.45, 2.75) is 63.7 Å². The zero-order valence-electron chi connectivity index (χ0n) is 19.4. The summed E-state index contributed by atoms with van der Waals surface area (Å²) >= 11 is 0. The van der Waals surface area contributed by atoms with Gasteiger partial charge in [0.1, 0.15) is 23.9 Å². The molecule has 176 valence electrons. The fourth-order valence-electron chi connectivity index (χ4n) is 5.95. The minimum Gasteiger partial charge on any atom is -0.390 e. The molecule has 3 heterocycles. The summed E-state index contributed by atoms with van der Waals surface area (Å²) < 4.78 is 1.94. The van der Waals surface area contributed by atoms with Gasteiger partial charge in [0.2, 0.25) is 0 Å². The third kappa shape index (κ3) is 3.63. The largest absolute Gasteiger partial charge is 0.390 e. The van der Waals surface area contributed by atoms with E-state index < -0.39 is 12.2 Å². The third-order valence-electron chi connectivity index (χ3n) is 7.97. The van der Waals surface area contributed by atoms with Gasteiger partial charge < -0.3 is 20.5 Å². The molecule has 0 bridgehead atoms. The minimum absolute atomic E-state index is 0.00433. The molecule has 1 fully saturated rings. The Morgan fingerprint density at radius 1 is 1.12 bits per heavy atom. The Hall–Kier alpha value is -3.03. The number of hydrogen-bond donors (Lipinski definition) is 3. The summed E-state index contributed by atoms with van der Waals surface area (Å²) in [6, 6.07) is 10.5. The molecule has 34 heavy (non-hydrogen) atoms. The van der Waals surface area contributed by atoms with Gasteiger partial charge in [-0.3, -0.25) is 4.98 Å². The highest BCUT2D eigenvalue weighted by atomic mass is 16.3. The van der Waals surface area contributed by atoms with E-state index in [4.69, 9.17) is 10.7 Å². The summed E-state index contributed by atoms with van der Waals surface area (Å²) in [5.74, 6) is 1.13. The number of hydrogen-bond acceptors (Lipinski definition) is 6. The Kier molecular flexibility index (Phi) is 5.26. The fraction of sp³-hybridized carbons (Fsp3) is 0.444. The quantitative estimate of drug-likeness (QED) is 0.432. The Labute approximate surface area is 198 Å². The van der Waals surface area contributed by atoms with E-state index in [0.29, 0.717) is 23.8 Å². The van der Waals surface area contributed by atoms with Crippen molar-refractivity contribution in [1.82, 2.24) is 19.5 Å². The molecule has 7 heteroatoms. The van der Waals surface area contributed by atoms with Crippen LogP contribution < -0.4 is 5.73 Å². The highest BCUT2D eigenvalue weighted by molar-refractivity contribution is 5.86. The lowest BCUT2D eigenvalue weighted by molar-refractivity contribution is 0.00545. The van der Waals surface area contributed by atoms with Crippen LogP contribution in [0.25, 0.3) is 21.9 Å². The second kappa shape index (κ2) is 8.32. The van der Waals surface area contributed by atoms with Gasteiger partial charge in [0.25, 0.3) is 0 Å². The van der Waals surface area contributed by atoms with Gasteiger partial charge in [0, 0.05) is 17.3 Å². The van der Waals surface area contributed by atoms with Gasteiger partial charge in [0.15, 0.2) is 0 Å². The number of nitrogen functional groups attached to an aromatic ring is 1. The average Bonchev–Trinajstić information content (AvgIpc) is 3.38. The second-order valence-corrected chi connectivity index (χ2v) is 10.3. The lowest BCUT2D eigenvalue weighted by Gasteiger charge is -2.21. The van der Waals surface area contributed by atoms with Crippen LogP contribution in [-0.2, 0) is 19.3 Å². The highest BCUT2D eigenvalue weighted by Gasteiger charge is 2.42. The van der Waals surface area contributed by atoms with E-state index in [2.05, 4.69) is 41.2 Å². The van der Waals surface area contributed by atoms with Gasteiger partial charge in [-0.1, -0.05) is 19.1 Å². The molecule has 5 atom stereocenters. The highest BCUT2D eigenvalue weighted by Crippen LogP contribution is 2.39. The van der Waals surface area contributed by atoms with Crippen LogP contribution in [0.15, 0.2) is 42.9 Å². The van der Waals surface area contributed by atoms with Crippen molar-refractivity contribution in [3.8, 4) is 0 Å². The molecule has 7 nitrogen and oxygen atoms in total. The van der Waals surface area contributed by atoms with Gasteiger partial charge >= 0.3 is 0 Å². The number of aryl methyl sites for hydroxylation is 2. The van der Waals surface area contributed by atoms with Crippen molar-refractivity contribution in [1.29, 1.82) is 0 Å². The monoisotopic (exact) mass is 457 g/mol. The van der Waals surface area contributed by atoms with E-state index >= 15 is 0 Å². The van der Waals surface area contributed by atoms with Crippen molar-refractivity contribution in [3.63, 3.8) is 0 Å². The molecular formula is C27H31N5O2. The minimum atomic E-state index is -0.844. The summed E-state index contributed by atoms with van der Waals surface area (Å²) in [7, 11) is 0. The van der Waals surface area contributed by atoms with Gasteiger partial charge in [-0.2, -0.15) is 0 Å². The van der Waals surface area contributed by atoms with Crippen molar-refractivity contribution < 1.29 is 10.2 Å². The van der Waals surface area contributed by atoms with Crippen LogP contribution in [0.4, 0.5) is 5.82 Å². The normalized spacial score (nSPS) is 26.9. The van der Waals surface area contributed by atoms with Crippen molar-refractivity contribution >= 4 is 27.8 Å². The number of rotatable bonds is 4. The molecule has 1 aromatic carbocycles. The number of aliphatic hydroxyl groups is 2. The van der Waals surface area contributed by atoms with Gasteiger partial charge in [-0.25, -0.2) is 9.97 Å². The average molecular weight is 458 g/mol. The van der Waals surface area contributed by atoms with Crippen LogP contribution in [0.5, 0.6) is 0 Å². The number of fused-ring (bicyclic) bond motifs is 3. The SMILES string of the molecule is C[C@@H]1CCc2cc3ccc(CC[C@H]4C[C@@H](n5ccc6c(N)ncnc65)[C@H](O)[C@@H]4O)cc3nc2C1.